The largest absolute Gasteiger partial charge is 0.489 e. The summed E-state index contributed by atoms with van der Waals surface area (Å²) in [4.78, 5) is 0. The Bertz CT molecular complexity index is 811. The van der Waals surface area contributed by atoms with Crippen molar-refractivity contribution < 1.29 is 14.2 Å². The zero-order valence-corrected chi connectivity index (χ0v) is 16.1. The summed E-state index contributed by atoms with van der Waals surface area (Å²) in [5.74, 6) is -0.473. The lowest BCUT2D eigenvalue weighted by Gasteiger charge is -2.27. The van der Waals surface area contributed by atoms with Gasteiger partial charge in [-0.25, -0.2) is 0 Å². The Balaban J connectivity index is 1.72. The molecule has 2 unspecified atom stereocenters. The normalized spacial score (nSPS) is 22.6. The first-order chi connectivity index (χ1) is 12.1. The second-order valence-corrected chi connectivity index (χ2v) is 6.88. The van der Waals surface area contributed by atoms with E-state index >= 15 is 0 Å². The van der Waals surface area contributed by atoms with Crippen LogP contribution >= 0.6 is 39.1 Å². The van der Waals surface area contributed by atoms with Crippen LogP contribution in [0.2, 0.25) is 10.0 Å². The van der Waals surface area contributed by atoms with Crippen molar-refractivity contribution in [3.63, 3.8) is 0 Å². The molecule has 2 aromatic carbocycles. The van der Waals surface area contributed by atoms with Gasteiger partial charge in [-0.2, -0.15) is 5.26 Å². The van der Waals surface area contributed by atoms with E-state index in [1.54, 1.807) is 36.4 Å². The highest BCUT2D eigenvalue weighted by Gasteiger charge is 2.44. The first-order valence-electron chi connectivity index (χ1n) is 7.53. The number of nitrogens with zero attached hydrogens (tertiary/aromatic N) is 1. The van der Waals surface area contributed by atoms with Gasteiger partial charge in [-0.15, -0.1) is 0 Å². The maximum atomic E-state index is 9.12. The van der Waals surface area contributed by atoms with Crippen LogP contribution in [0.25, 0.3) is 0 Å². The van der Waals surface area contributed by atoms with E-state index in [1.165, 1.54) is 0 Å². The van der Waals surface area contributed by atoms with Crippen molar-refractivity contribution in [3.05, 3.63) is 63.6 Å². The van der Waals surface area contributed by atoms with Crippen LogP contribution in [0.4, 0.5) is 0 Å². The lowest BCUT2D eigenvalue weighted by atomic mass is 10.1. The van der Waals surface area contributed by atoms with E-state index in [-0.39, 0.29) is 12.7 Å². The minimum absolute atomic E-state index is 0.263. The third kappa shape index (κ3) is 3.94. The number of nitriles is 1. The summed E-state index contributed by atoms with van der Waals surface area (Å²) < 4.78 is 17.7. The minimum Gasteiger partial charge on any atom is -0.489 e. The fraction of sp³-hybridized carbons (Fsp3) is 0.278. The molecule has 1 saturated heterocycles. The molecule has 2 aromatic rings. The Hall–Kier alpha value is -1.29. The number of ether oxygens (including phenoxy) is 3. The lowest BCUT2D eigenvalue weighted by molar-refractivity contribution is -0.159. The average molecular weight is 443 g/mol. The molecule has 1 aliphatic heterocycles. The molecule has 0 bridgehead atoms. The minimum atomic E-state index is -0.996. The number of hydrogen-bond donors (Lipinski definition) is 0. The Morgan fingerprint density at radius 1 is 1.28 bits per heavy atom. The Morgan fingerprint density at radius 2 is 2.08 bits per heavy atom. The van der Waals surface area contributed by atoms with Gasteiger partial charge in [0.25, 0.3) is 0 Å². The summed E-state index contributed by atoms with van der Waals surface area (Å²) in [7, 11) is 0. The van der Waals surface area contributed by atoms with Crippen LogP contribution in [0.5, 0.6) is 5.75 Å². The lowest BCUT2D eigenvalue weighted by Crippen LogP contribution is -2.31. The zero-order valence-electron chi connectivity index (χ0n) is 13.0. The Labute approximate surface area is 164 Å². The molecule has 0 amide bonds. The average Bonchev–Trinajstić information content (AvgIpc) is 3.04. The Kier molecular flexibility index (Phi) is 5.88. The van der Waals surface area contributed by atoms with Gasteiger partial charge in [0.2, 0.25) is 5.79 Å². The molecule has 0 radical (unpaired) electrons. The van der Waals surface area contributed by atoms with Crippen LogP contribution in [0, 0.1) is 11.3 Å². The summed E-state index contributed by atoms with van der Waals surface area (Å²) >= 11 is 15.7. The van der Waals surface area contributed by atoms with Gasteiger partial charge in [-0.05, 0) is 24.3 Å². The highest BCUT2D eigenvalue weighted by molar-refractivity contribution is 9.09. The molecule has 0 N–H and O–H groups in total. The summed E-state index contributed by atoms with van der Waals surface area (Å²) in [5, 5.41) is 10.5. The second-order valence-electron chi connectivity index (χ2n) is 5.48. The van der Waals surface area contributed by atoms with Gasteiger partial charge in [0.1, 0.15) is 24.5 Å². The van der Waals surface area contributed by atoms with Gasteiger partial charge in [-0.1, -0.05) is 57.3 Å². The molecule has 130 valence electrons. The second kappa shape index (κ2) is 7.94. The fourth-order valence-corrected chi connectivity index (χ4v) is 3.74. The molecule has 1 fully saturated rings. The van der Waals surface area contributed by atoms with Gasteiger partial charge in [0.15, 0.2) is 0 Å². The smallest absolute Gasteiger partial charge is 0.206 e. The van der Waals surface area contributed by atoms with Gasteiger partial charge < -0.3 is 14.2 Å². The summed E-state index contributed by atoms with van der Waals surface area (Å²) in [5.41, 5.74) is 1.18. The Morgan fingerprint density at radius 3 is 2.80 bits per heavy atom. The number of rotatable bonds is 5. The molecule has 0 aliphatic carbocycles. The predicted molar refractivity (Wildman–Crippen MR) is 99.4 cm³/mol. The molecule has 0 saturated carbocycles. The predicted octanol–water partition coefficient (Wildman–Crippen LogP) is 4.91. The van der Waals surface area contributed by atoms with Crippen LogP contribution in [-0.4, -0.2) is 24.6 Å². The molecule has 3 rings (SSSR count). The molecule has 1 aliphatic rings. The number of halogens is 3. The van der Waals surface area contributed by atoms with Crippen molar-refractivity contribution in [2.45, 2.75) is 11.9 Å². The van der Waals surface area contributed by atoms with Gasteiger partial charge in [0, 0.05) is 10.6 Å². The zero-order chi connectivity index (χ0) is 17.9. The van der Waals surface area contributed by atoms with E-state index in [0.717, 1.165) is 0 Å². The number of alkyl halides is 1. The molecule has 7 heteroatoms. The van der Waals surface area contributed by atoms with Crippen LogP contribution < -0.4 is 4.74 Å². The van der Waals surface area contributed by atoms with Gasteiger partial charge in [-0.3, -0.25) is 0 Å². The molecule has 2 atom stereocenters. The monoisotopic (exact) mass is 441 g/mol. The van der Waals surface area contributed by atoms with E-state index in [2.05, 4.69) is 22.0 Å². The van der Waals surface area contributed by atoms with Gasteiger partial charge in [0.05, 0.1) is 22.5 Å². The van der Waals surface area contributed by atoms with Crippen molar-refractivity contribution in [1.82, 2.24) is 0 Å². The molecular formula is C18H14BrCl2NO3. The van der Waals surface area contributed by atoms with Crippen molar-refractivity contribution in [3.8, 4) is 11.8 Å². The molecule has 0 spiro atoms. The van der Waals surface area contributed by atoms with E-state index < -0.39 is 5.79 Å². The number of para-hydroxylation sites is 1. The van der Waals surface area contributed by atoms with E-state index in [9.17, 15) is 0 Å². The van der Waals surface area contributed by atoms with Crippen LogP contribution in [-0.2, 0) is 15.3 Å². The SMILES string of the molecule is N#Cc1ccccc1OCC1COC(CBr)(c2ccc(Cl)cc2Cl)O1. The summed E-state index contributed by atoms with van der Waals surface area (Å²) in [6, 6.07) is 14.4. The van der Waals surface area contributed by atoms with E-state index in [0.29, 0.717) is 38.9 Å². The van der Waals surface area contributed by atoms with Crippen molar-refractivity contribution in [2.75, 3.05) is 18.5 Å². The van der Waals surface area contributed by atoms with Crippen molar-refractivity contribution >= 4 is 39.1 Å². The third-order valence-electron chi connectivity index (χ3n) is 3.81. The molecule has 4 nitrogen and oxygen atoms in total. The quantitative estimate of drug-likeness (QED) is 0.617. The van der Waals surface area contributed by atoms with Crippen molar-refractivity contribution in [2.24, 2.45) is 0 Å². The summed E-state index contributed by atoms with van der Waals surface area (Å²) in [6.45, 7) is 0.609. The fourth-order valence-electron chi connectivity index (χ4n) is 2.60. The maximum absolute atomic E-state index is 9.12. The third-order valence-corrected chi connectivity index (χ3v) is 5.10. The van der Waals surface area contributed by atoms with Crippen LogP contribution in [0.1, 0.15) is 11.1 Å². The molecular weight excluding hydrogens is 429 g/mol. The van der Waals surface area contributed by atoms with Crippen LogP contribution in [0.3, 0.4) is 0 Å². The standard InChI is InChI=1S/C18H14BrCl2NO3/c19-11-18(15-6-5-13(20)7-16(15)21)24-10-14(25-18)9-23-17-4-2-1-3-12(17)8-22/h1-7,14H,9-11H2. The highest BCUT2D eigenvalue weighted by Crippen LogP contribution is 2.40. The van der Waals surface area contributed by atoms with E-state index in [4.69, 9.17) is 42.7 Å². The molecule has 0 aromatic heterocycles. The molecule has 25 heavy (non-hydrogen) atoms. The molecule has 1 heterocycles. The van der Waals surface area contributed by atoms with Crippen LogP contribution in [0.15, 0.2) is 42.5 Å². The number of hydrogen-bond acceptors (Lipinski definition) is 4. The van der Waals surface area contributed by atoms with E-state index in [1.807, 2.05) is 6.07 Å². The first-order valence-corrected chi connectivity index (χ1v) is 9.41. The van der Waals surface area contributed by atoms with Crippen molar-refractivity contribution in [1.29, 1.82) is 5.26 Å². The first kappa shape index (κ1) is 18.5. The maximum Gasteiger partial charge on any atom is 0.206 e. The number of benzene rings is 2. The summed E-state index contributed by atoms with van der Waals surface area (Å²) in [6.07, 6.45) is -0.295. The highest BCUT2D eigenvalue weighted by atomic mass is 79.9. The topological polar surface area (TPSA) is 51.5 Å². The van der Waals surface area contributed by atoms with Gasteiger partial charge >= 0.3 is 0 Å².